The average Bonchev–Trinajstić information content (AvgIpc) is 2.48. The molecule has 1 atom stereocenters. The SMILES string of the molecule is CC(N)CC1=CS(=O)(=O)c2ccc(C(F)(F)F)cc21. The van der Waals surface area contributed by atoms with Crippen LogP contribution in [0.15, 0.2) is 28.5 Å². The molecule has 2 N–H and O–H groups in total. The van der Waals surface area contributed by atoms with Crippen LogP contribution in [0.4, 0.5) is 13.2 Å². The maximum atomic E-state index is 12.6. The van der Waals surface area contributed by atoms with Gasteiger partial charge in [-0.05, 0) is 42.7 Å². The lowest BCUT2D eigenvalue weighted by molar-refractivity contribution is -0.137. The highest BCUT2D eigenvalue weighted by atomic mass is 32.2. The lowest BCUT2D eigenvalue weighted by atomic mass is 9.99. The molecule has 1 aliphatic rings. The quantitative estimate of drug-likeness (QED) is 0.911. The maximum absolute atomic E-state index is 12.6. The fourth-order valence-electron chi connectivity index (χ4n) is 2.02. The van der Waals surface area contributed by atoms with Gasteiger partial charge in [0.2, 0.25) is 9.84 Å². The third kappa shape index (κ3) is 2.66. The first kappa shape index (κ1) is 14.1. The monoisotopic (exact) mass is 291 g/mol. The Hall–Kier alpha value is -1.34. The Morgan fingerprint density at radius 1 is 1.32 bits per heavy atom. The first-order valence-electron chi connectivity index (χ1n) is 5.54. The molecule has 7 heteroatoms. The number of rotatable bonds is 2. The van der Waals surface area contributed by atoms with Crippen LogP contribution in [0, 0.1) is 0 Å². The highest BCUT2D eigenvalue weighted by Gasteiger charge is 2.34. The van der Waals surface area contributed by atoms with Gasteiger partial charge in [-0.1, -0.05) is 0 Å². The summed E-state index contributed by atoms with van der Waals surface area (Å²) >= 11 is 0. The summed E-state index contributed by atoms with van der Waals surface area (Å²) in [5.74, 6) is 0. The van der Waals surface area contributed by atoms with E-state index in [0.717, 1.165) is 23.6 Å². The minimum atomic E-state index is -4.50. The summed E-state index contributed by atoms with van der Waals surface area (Å²) in [5.41, 5.74) is 5.16. The van der Waals surface area contributed by atoms with Gasteiger partial charge in [-0.3, -0.25) is 0 Å². The zero-order valence-corrected chi connectivity index (χ0v) is 10.8. The molecule has 0 amide bonds. The van der Waals surface area contributed by atoms with Crippen LogP contribution < -0.4 is 5.73 Å². The standard InChI is InChI=1S/C12H12F3NO2S/c1-7(16)4-8-6-19(17,18)11-3-2-9(5-10(8)11)12(13,14)15/h2-3,5-7H,4,16H2,1H3. The van der Waals surface area contributed by atoms with E-state index in [1.165, 1.54) is 0 Å². The Kier molecular flexibility index (Phi) is 3.22. The van der Waals surface area contributed by atoms with Crippen molar-refractivity contribution < 1.29 is 21.6 Å². The van der Waals surface area contributed by atoms with Crippen LogP contribution in [0.25, 0.3) is 5.57 Å². The second kappa shape index (κ2) is 4.35. The Morgan fingerprint density at radius 2 is 1.95 bits per heavy atom. The normalized spacial score (nSPS) is 18.9. The molecule has 19 heavy (non-hydrogen) atoms. The minimum absolute atomic E-state index is 0.0869. The second-order valence-corrected chi connectivity index (χ2v) is 6.34. The van der Waals surface area contributed by atoms with E-state index in [2.05, 4.69) is 0 Å². The minimum Gasteiger partial charge on any atom is -0.328 e. The number of alkyl halides is 3. The molecule has 1 heterocycles. The van der Waals surface area contributed by atoms with Crippen LogP contribution in [0.2, 0.25) is 0 Å². The molecule has 0 spiro atoms. The molecule has 3 nitrogen and oxygen atoms in total. The highest BCUT2D eigenvalue weighted by Crippen LogP contribution is 2.39. The van der Waals surface area contributed by atoms with Crippen LogP contribution in [-0.2, 0) is 16.0 Å². The molecule has 1 aromatic carbocycles. The van der Waals surface area contributed by atoms with Gasteiger partial charge in [-0.15, -0.1) is 0 Å². The molecule has 1 aliphatic heterocycles. The topological polar surface area (TPSA) is 60.2 Å². The zero-order chi connectivity index (χ0) is 14.4. The number of nitrogens with two attached hydrogens (primary N) is 1. The highest BCUT2D eigenvalue weighted by molar-refractivity contribution is 7.95. The molecular formula is C12H12F3NO2S. The van der Waals surface area contributed by atoms with E-state index in [1.54, 1.807) is 6.92 Å². The van der Waals surface area contributed by atoms with Gasteiger partial charge in [0.05, 0.1) is 10.5 Å². The number of hydrogen-bond acceptors (Lipinski definition) is 3. The average molecular weight is 291 g/mol. The molecular weight excluding hydrogens is 279 g/mol. The molecule has 0 aromatic heterocycles. The Morgan fingerprint density at radius 3 is 2.47 bits per heavy atom. The van der Waals surface area contributed by atoms with E-state index >= 15 is 0 Å². The summed E-state index contributed by atoms with van der Waals surface area (Å²) in [4.78, 5) is -0.0869. The zero-order valence-electron chi connectivity index (χ0n) is 10.0. The molecule has 0 radical (unpaired) electrons. The smallest absolute Gasteiger partial charge is 0.328 e. The summed E-state index contributed by atoms with van der Waals surface area (Å²) in [6.07, 6.45) is -4.28. The van der Waals surface area contributed by atoms with Crippen molar-refractivity contribution in [1.82, 2.24) is 0 Å². The number of fused-ring (bicyclic) bond motifs is 1. The van der Waals surface area contributed by atoms with Gasteiger partial charge in [0.1, 0.15) is 0 Å². The predicted molar refractivity (Wildman–Crippen MR) is 64.9 cm³/mol. The van der Waals surface area contributed by atoms with Gasteiger partial charge in [0, 0.05) is 11.4 Å². The van der Waals surface area contributed by atoms with E-state index in [0.29, 0.717) is 5.57 Å². The van der Waals surface area contributed by atoms with Crippen molar-refractivity contribution in [3.8, 4) is 0 Å². The van der Waals surface area contributed by atoms with Crippen LogP contribution in [-0.4, -0.2) is 14.5 Å². The summed E-state index contributed by atoms with van der Waals surface area (Å²) < 4.78 is 61.5. The van der Waals surface area contributed by atoms with Gasteiger partial charge >= 0.3 is 6.18 Å². The van der Waals surface area contributed by atoms with Crippen molar-refractivity contribution in [2.45, 2.75) is 30.5 Å². The summed E-state index contributed by atoms with van der Waals surface area (Å²) in [7, 11) is -3.65. The Labute approximate surface area is 108 Å². The molecule has 0 aliphatic carbocycles. The van der Waals surface area contributed by atoms with Gasteiger partial charge in [0.15, 0.2) is 0 Å². The predicted octanol–water partition coefficient (Wildman–Crippen LogP) is 2.57. The molecule has 2 rings (SSSR count). The lowest BCUT2D eigenvalue weighted by Gasteiger charge is -2.11. The molecule has 1 unspecified atom stereocenters. The molecule has 0 bridgehead atoms. The van der Waals surface area contributed by atoms with Crippen molar-refractivity contribution in [2.24, 2.45) is 5.73 Å². The van der Waals surface area contributed by atoms with Crippen molar-refractivity contribution in [1.29, 1.82) is 0 Å². The third-order valence-electron chi connectivity index (χ3n) is 2.80. The van der Waals surface area contributed by atoms with Gasteiger partial charge in [0.25, 0.3) is 0 Å². The second-order valence-electron chi connectivity index (χ2n) is 4.58. The van der Waals surface area contributed by atoms with Crippen molar-refractivity contribution >= 4 is 15.4 Å². The van der Waals surface area contributed by atoms with Crippen LogP contribution in [0.1, 0.15) is 24.5 Å². The van der Waals surface area contributed by atoms with Crippen molar-refractivity contribution in [2.75, 3.05) is 0 Å². The van der Waals surface area contributed by atoms with Crippen molar-refractivity contribution in [3.05, 3.63) is 34.7 Å². The number of halogens is 3. The van der Waals surface area contributed by atoms with Crippen LogP contribution in [0.3, 0.4) is 0 Å². The number of sulfone groups is 1. The maximum Gasteiger partial charge on any atom is 0.416 e. The van der Waals surface area contributed by atoms with E-state index in [4.69, 9.17) is 5.73 Å². The molecule has 1 aromatic rings. The van der Waals surface area contributed by atoms with Gasteiger partial charge in [-0.2, -0.15) is 13.2 Å². The van der Waals surface area contributed by atoms with E-state index < -0.39 is 21.6 Å². The number of benzene rings is 1. The molecule has 0 saturated carbocycles. The van der Waals surface area contributed by atoms with E-state index in [9.17, 15) is 21.6 Å². The first-order chi connectivity index (χ1) is 8.61. The first-order valence-corrected chi connectivity index (χ1v) is 7.09. The Balaban J connectivity index is 2.58. The van der Waals surface area contributed by atoms with Crippen molar-refractivity contribution in [3.63, 3.8) is 0 Å². The van der Waals surface area contributed by atoms with E-state index in [1.807, 2.05) is 0 Å². The lowest BCUT2D eigenvalue weighted by Crippen LogP contribution is -2.14. The van der Waals surface area contributed by atoms with Crippen LogP contribution >= 0.6 is 0 Å². The third-order valence-corrected chi connectivity index (χ3v) is 4.36. The molecule has 104 valence electrons. The fraction of sp³-hybridized carbons (Fsp3) is 0.333. The summed E-state index contributed by atoms with van der Waals surface area (Å²) in [5, 5.41) is 1.00. The van der Waals surface area contributed by atoms with E-state index in [-0.39, 0.29) is 22.9 Å². The summed E-state index contributed by atoms with van der Waals surface area (Å²) in [6, 6.07) is 2.31. The van der Waals surface area contributed by atoms with Gasteiger partial charge < -0.3 is 5.73 Å². The molecule has 0 fully saturated rings. The summed E-state index contributed by atoms with van der Waals surface area (Å²) in [6.45, 7) is 1.67. The Bertz CT molecular complexity index is 645. The van der Waals surface area contributed by atoms with Crippen LogP contribution in [0.5, 0.6) is 0 Å². The largest absolute Gasteiger partial charge is 0.416 e. The molecule has 0 saturated heterocycles. The fourth-order valence-corrected chi connectivity index (χ4v) is 3.50. The van der Waals surface area contributed by atoms with Gasteiger partial charge in [-0.25, -0.2) is 8.42 Å². The number of hydrogen-bond donors (Lipinski definition) is 1.